The highest BCUT2D eigenvalue weighted by Gasteiger charge is 2.53. The second kappa shape index (κ2) is 4.83. The van der Waals surface area contributed by atoms with Crippen LogP contribution in [-0.2, 0) is 4.74 Å². The number of nitrogens with zero attached hydrogens (tertiary/aromatic N) is 1. The molecule has 23 heavy (non-hydrogen) atoms. The van der Waals surface area contributed by atoms with Crippen LogP contribution in [0.3, 0.4) is 0 Å². The van der Waals surface area contributed by atoms with Crippen molar-refractivity contribution in [2.24, 2.45) is 5.92 Å². The maximum absolute atomic E-state index is 12.0. The Morgan fingerprint density at radius 3 is 2.83 bits per heavy atom. The third kappa shape index (κ3) is 2.05. The Kier molecular flexibility index (Phi) is 3.00. The van der Waals surface area contributed by atoms with Gasteiger partial charge in [-0.25, -0.2) is 0 Å². The number of hydrogen-bond acceptors (Lipinski definition) is 3. The predicted molar refractivity (Wildman–Crippen MR) is 89.8 cm³/mol. The third-order valence-corrected chi connectivity index (χ3v) is 4.96. The summed E-state index contributed by atoms with van der Waals surface area (Å²) in [4.78, 5) is 12.0. The molecule has 0 spiro atoms. The lowest BCUT2D eigenvalue weighted by Crippen LogP contribution is -2.13. The Morgan fingerprint density at radius 2 is 2.17 bits per heavy atom. The molecule has 4 heteroatoms. The SMILES string of the molecule is COc1ccc2c(c1)c(C(C)=O)cn2C1=CC2CC2(OC)C=C1. The molecule has 1 heterocycles. The minimum absolute atomic E-state index is 0.0556. The van der Waals surface area contributed by atoms with E-state index in [0.29, 0.717) is 11.5 Å². The average Bonchev–Trinajstić information content (AvgIpc) is 3.17. The molecular weight excluding hydrogens is 290 g/mol. The molecule has 4 nitrogen and oxygen atoms in total. The minimum atomic E-state index is -0.0981. The van der Waals surface area contributed by atoms with Crippen LogP contribution in [-0.4, -0.2) is 30.2 Å². The van der Waals surface area contributed by atoms with E-state index in [-0.39, 0.29) is 11.4 Å². The fourth-order valence-electron chi connectivity index (χ4n) is 3.46. The molecule has 1 aromatic heterocycles. The first-order chi connectivity index (χ1) is 11.1. The van der Waals surface area contributed by atoms with E-state index in [2.05, 4.69) is 22.8 Å². The highest BCUT2D eigenvalue weighted by molar-refractivity contribution is 6.08. The summed E-state index contributed by atoms with van der Waals surface area (Å²) < 4.78 is 13.0. The second-order valence-electron chi connectivity index (χ2n) is 6.25. The Labute approximate surface area is 135 Å². The number of ketones is 1. The Balaban J connectivity index is 1.86. The lowest BCUT2D eigenvalue weighted by atomic mass is 10.1. The van der Waals surface area contributed by atoms with Crippen molar-refractivity contribution in [2.45, 2.75) is 18.9 Å². The van der Waals surface area contributed by atoms with Crippen LogP contribution in [0.15, 0.2) is 42.6 Å². The quantitative estimate of drug-likeness (QED) is 0.809. The molecule has 1 saturated carbocycles. The topological polar surface area (TPSA) is 40.5 Å². The minimum Gasteiger partial charge on any atom is -0.497 e. The van der Waals surface area contributed by atoms with Crippen molar-refractivity contribution < 1.29 is 14.3 Å². The summed E-state index contributed by atoms with van der Waals surface area (Å²) in [5.41, 5.74) is 2.71. The molecule has 2 aliphatic carbocycles. The molecule has 0 aliphatic heterocycles. The van der Waals surface area contributed by atoms with Crippen molar-refractivity contribution in [3.8, 4) is 5.75 Å². The van der Waals surface area contributed by atoms with E-state index in [0.717, 1.165) is 28.8 Å². The molecule has 0 radical (unpaired) electrons. The lowest BCUT2D eigenvalue weighted by molar-refractivity contribution is 0.101. The van der Waals surface area contributed by atoms with Gasteiger partial charge in [0.15, 0.2) is 5.78 Å². The summed E-state index contributed by atoms with van der Waals surface area (Å²) in [7, 11) is 3.39. The summed E-state index contributed by atoms with van der Waals surface area (Å²) in [5, 5.41) is 0.922. The van der Waals surface area contributed by atoms with E-state index in [1.165, 1.54) is 0 Å². The second-order valence-corrected chi connectivity index (χ2v) is 6.25. The first-order valence-electron chi connectivity index (χ1n) is 7.74. The number of fused-ring (bicyclic) bond motifs is 2. The van der Waals surface area contributed by atoms with Crippen LogP contribution in [0.5, 0.6) is 5.75 Å². The largest absolute Gasteiger partial charge is 0.497 e. The van der Waals surface area contributed by atoms with Gasteiger partial charge in [0.25, 0.3) is 0 Å². The van der Waals surface area contributed by atoms with E-state index in [1.54, 1.807) is 21.1 Å². The van der Waals surface area contributed by atoms with Crippen molar-refractivity contribution in [2.75, 3.05) is 14.2 Å². The van der Waals surface area contributed by atoms with Gasteiger partial charge in [-0.05, 0) is 37.6 Å². The number of Topliss-reactive ketones (excluding diaryl/α,β-unsaturated/α-hetero) is 1. The van der Waals surface area contributed by atoms with Crippen molar-refractivity contribution in [1.82, 2.24) is 4.57 Å². The van der Waals surface area contributed by atoms with E-state index >= 15 is 0 Å². The monoisotopic (exact) mass is 309 g/mol. The van der Waals surface area contributed by atoms with Crippen molar-refractivity contribution in [3.05, 3.63) is 48.2 Å². The van der Waals surface area contributed by atoms with Crippen molar-refractivity contribution in [1.29, 1.82) is 0 Å². The van der Waals surface area contributed by atoms with Crippen LogP contribution < -0.4 is 4.74 Å². The molecule has 1 aromatic carbocycles. The molecule has 118 valence electrons. The molecule has 0 saturated heterocycles. The van der Waals surface area contributed by atoms with Crippen LogP contribution in [0, 0.1) is 5.92 Å². The summed E-state index contributed by atoms with van der Waals surface area (Å²) in [6.45, 7) is 1.60. The Morgan fingerprint density at radius 1 is 1.35 bits per heavy atom. The number of carbonyl (C=O) groups is 1. The molecule has 0 amide bonds. The van der Waals surface area contributed by atoms with Crippen molar-refractivity contribution in [3.63, 3.8) is 0 Å². The number of aromatic nitrogens is 1. The maximum atomic E-state index is 12.0. The molecule has 1 fully saturated rings. The van der Waals surface area contributed by atoms with Gasteiger partial charge in [-0.2, -0.15) is 0 Å². The molecule has 0 N–H and O–H groups in total. The van der Waals surface area contributed by atoms with Gasteiger partial charge in [0.2, 0.25) is 0 Å². The highest BCUT2D eigenvalue weighted by atomic mass is 16.5. The summed E-state index contributed by atoms with van der Waals surface area (Å²) >= 11 is 0. The number of ether oxygens (including phenoxy) is 2. The molecule has 2 aliphatic rings. The first-order valence-corrected chi connectivity index (χ1v) is 7.74. The van der Waals surface area contributed by atoms with Crippen LogP contribution in [0.2, 0.25) is 0 Å². The molecule has 2 atom stereocenters. The van der Waals surface area contributed by atoms with E-state index in [4.69, 9.17) is 9.47 Å². The third-order valence-electron chi connectivity index (χ3n) is 4.96. The Hall–Kier alpha value is -2.33. The Bertz CT molecular complexity index is 874. The zero-order valence-electron chi connectivity index (χ0n) is 13.5. The summed E-state index contributed by atoms with van der Waals surface area (Å²) in [6.07, 6.45) is 9.40. The van der Waals surface area contributed by atoms with Gasteiger partial charge in [0, 0.05) is 35.9 Å². The van der Waals surface area contributed by atoms with E-state index in [9.17, 15) is 4.79 Å². The maximum Gasteiger partial charge on any atom is 0.161 e. The van der Waals surface area contributed by atoms with Crippen LogP contribution >= 0.6 is 0 Å². The van der Waals surface area contributed by atoms with Gasteiger partial charge < -0.3 is 14.0 Å². The fraction of sp³-hybridized carbons (Fsp3) is 0.316. The van der Waals surface area contributed by atoms with Gasteiger partial charge in [0.1, 0.15) is 5.75 Å². The van der Waals surface area contributed by atoms with Crippen LogP contribution in [0.1, 0.15) is 23.7 Å². The zero-order valence-corrected chi connectivity index (χ0v) is 13.5. The molecular formula is C19H19NO3. The van der Waals surface area contributed by atoms with E-state index < -0.39 is 0 Å². The predicted octanol–water partition coefficient (Wildman–Crippen LogP) is 3.67. The summed E-state index contributed by atoms with van der Waals surface area (Å²) in [5.74, 6) is 1.23. The number of rotatable bonds is 4. The number of carbonyl (C=O) groups excluding carboxylic acids is 1. The number of allylic oxidation sites excluding steroid dienone is 2. The van der Waals surface area contributed by atoms with E-state index in [1.807, 2.05) is 24.4 Å². The van der Waals surface area contributed by atoms with Crippen LogP contribution in [0.4, 0.5) is 0 Å². The normalized spacial score (nSPS) is 25.2. The smallest absolute Gasteiger partial charge is 0.161 e. The van der Waals surface area contributed by atoms with Crippen LogP contribution in [0.25, 0.3) is 16.6 Å². The number of methoxy groups -OCH3 is 2. The summed E-state index contributed by atoms with van der Waals surface area (Å²) in [6, 6.07) is 5.85. The fourth-order valence-corrected chi connectivity index (χ4v) is 3.46. The lowest BCUT2D eigenvalue weighted by Gasteiger charge is -2.16. The number of benzene rings is 1. The average molecular weight is 309 g/mol. The highest BCUT2D eigenvalue weighted by Crippen LogP contribution is 2.52. The molecule has 2 aromatic rings. The van der Waals surface area contributed by atoms with Crippen molar-refractivity contribution >= 4 is 22.4 Å². The van der Waals surface area contributed by atoms with Gasteiger partial charge in [0.05, 0.1) is 18.2 Å². The standard InChI is InChI=1S/C19H19NO3/c1-12(21)17-11-20(18-5-4-15(22-2)9-16(17)18)14-6-7-19(23-3)10-13(19)8-14/h4-9,11,13H,10H2,1-3H3. The van der Waals surface area contributed by atoms with Gasteiger partial charge in [-0.3, -0.25) is 4.79 Å². The molecule has 0 bridgehead atoms. The first kappa shape index (κ1) is 14.3. The van der Waals surface area contributed by atoms with Gasteiger partial charge in [-0.1, -0.05) is 12.2 Å². The van der Waals surface area contributed by atoms with Gasteiger partial charge >= 0.3 is 0 Å². The number of hydrogen-bond donors (Lipinski definition) is 0. The van der Waals surface area contributed by atoms with Gasteiger partial charge in [-0.15, -0.1) is 0 Å². The zero-order chi connectivity index (χ0) is 16.2. The molecule has 2 unspecified atom stereocenters. The molecule has 4 rings (SSSR count).